The van der Waals surface area contributed by atoms with Gasteiger partial charge in [-0.15, -0.1) is 0 Å². The molecule has 0 N–H and O–H groups in total. The maximum absolute atomic E-state index is 13.4. The van der Waals surface area contributed by atoms with Crippen molar-refractivity contribution in [3.05, 3.63) is 89.4 Å². The third-order valence-electron chi connectivity index (χ3n) is 6.54. The molecule has 0 radical (unpaired) electrons. The number of carbonyl (C=O) groups is 1. The molecule has 0 fully saturated rings. The number of rotatable bonds is 10. The number of aryl methyl sites for hydroxylation is 1. The molecule has 0 bridgehead atoms. The molecule has 0 aliphatic carbocycles. The first-order valence-corrected chi connectivity index (χ1v) is 12.0. The van der Waals surface area contributed by atoms with Crippen LogP contribution in [0.1, 0.15) is 34.7 Å². The lowest BCUT2D eigenvalue weighted by molar-refractivity contribution is -0.130. The van der Waals surface area contributed by atoms with E-state index in [0.717, 1.165) is 33.8 Å². The summed E-state index contributed by atoms with van der Waals surface area (Å²) in [6.45, 7) is 2.64. The topological polar surface area (TPSA) is 65.3 Å². The van der Waals surface area contributed by atoms with E-state index in [1.165, 1.54) is 0 Å². The van der Waals surface area contributed by atoms with Crippen molar-refractivity contribution in [3.8, 4) is 17.2 Å². The highest BCUT2D eigenvalue weighted by atomic mass is 16.5. The van der Waals surface area contributed by atoms with Gasteiger partial charge in [-0.3, -0.25) is 4.79 Å². The molecule has 7 nitrogen and oxygen atoms in total. The van der Waals surface area contributed by atoms with Gasteiger partial charge in [0.15, 0.2) is 11.5 Å². The van der Waals surface area contributed by atoms with Gasteiger partial charge in [-0.2, -0.15) is 0 Å². The Labute approximate surface area is 212 Å². The Morgan fingerprint density at radius 3 is 2.56 bits per heavy atom. The minimum Gasteiger partial charge on any atom is -0.497 e. The number of carbonyl (C=O) groups excluding carboxylic acids is 1. The predicted octanol–water partition coefficient (Wildman–Crippen LogP) is 4.89. The fourth-order valence-electron chi connectivity index (χ4n) is 4.40. The van der Waals surface area contributed by atoms with Crippen molar-refractivity contribution in [2.45, 2.75) is 25.7 Å². The summed E-state index contributed by atoms with van der Waals surface area (Å²) in [5, 5.41) is 0. The van der Waals surface area contributed by atoms with Crippen LogP contribution in [0.15, 0.2) is 67.0 Å². The maximum Gasteiger partial charge on any atom is 0.223 e. The minimum absolute atomic E-state index is 0.0605. The number of pyridine rings is 1. The maximum atomic E-state index is 13.4. The van der Waals surface area contributed by atoms with Crippen LogP contribution in [-0.2, 0) is 11.2 Å². The monoisotopic (exact) mass is 487 g/mol. The summed E-state index contributed by atoms with van der Waals surface area (Å²) in [6, 6.07) is 17.8. The predicted molar refractivity (Wildman–Crippen MR) is 140 cm³/mol. The van der Waals surface area contributed by atoms with Crippen molar-refractivity contribution in [1.82, 2.24) is 14.3 Å². The summed E-state index contributed by atoms with van der Waals surface area (Å²) < 4.78 is 18.3. The zero-order chi connectivity index (χ0) is 25.7. The standard InChI is InChI=1S/C29H33N3O4/c1-20-11-14-32-25(19-30-28(32)15-20)24(22-7-6-8-23(17-22)34-3)18-29(33)31(2)13-12-21-9-10-26(35-4)27(16-21)36-5/h6-11,14-17,19,24H,12-13,18H2,1-5H3. The van der Waals surface area contributed by atoms with Crippen LogP contribution in [0.3, 0.4) is 0 Å². The van der Waals surface area contributed by atoms with Gasteiger partial charge in [0.05, 0.1) is 27.0 Å². The normalized spacial score (nSPS) is 11.8. The van der Waals surface area contributed by atoms with E-state index in [-0.39, 0.29) is 11.8 Å². The molecule has 4 rings (SSSR count). The van der Waals surface area contributed by atoms with Gasteiger partial charge >= 0.3 is 0 Å². The molecule has 2 aromatic heterocycles. The number of aromatic nitrogens is 2. The molecule has 4 aromatic rings. The second kappa shape index (κ2) is 11.2. The van der Waals surface area contributed by atoms with E-state index in [2.05, 4.69) is 15.5 Å². The van der Waals surface area contributed by atoms with Gasteiger partial charge in [0.25, 0.3) is 0 Å². The molecule has 0 spiro atoms. The number of ether oxygens (including phenoxy) is 3. The fourth-order valence-corrected chi connectivity index (χ4v) is 4.40. The van der Waals surface area contributed by atoms with Crippen molar-refractivity contribution in [3.63, 3.8) is 0 Å². The molecule has 36 heavy (non-hydrogen) atoms. The lowest BCUT2D eigenvalue weighted by Crippen LogP contribution is -2.30. The highest BCUT2D eigenvalue weighted by Gasteiger charge is 2.24. The Bertz CT molecular complexity index is 1350. The van der Waals surface area contributed by atoms with Gasteiger partial charge < -0.3 is 23.5 Å². The first kappa shape index (κ1) is 25.1. The van der Waals surface area contributed by atoms with E-state index < -0.39 is 0 Å². The van der Waals surface area contributed by atoms with Gasteiger partial charge in [-0.25, -0.2) is 4.98 Å². The minimum atomic E-state index is -0.172. The van der Waals surface area contributed by atoms with Gasteiger partial charge in [0.1, 0.15) is 11.4 Å². The quantitative estimate of drug-likeness (QED) is 0.319. The Balaban J connectivity index is 1.56. The Morgan fingerprint density at radius 2 is 1.81 bits per heavy atom. The van der Waals surface area contributed by atoms with Gasteiger partial charge in [-0.05, 0) is 66.4 Å². The van der Waals surface area contributed by atoms with Gasteiger partial charge in [0, 0.05) is 38.3 Å². The summed E-state index contributed by atoms with van der Waals surface area (Å²) in [6.07, 6.45) is 4.92. The van der Waals surface area contributed by atoms with Crippen LogP contribution in [0.2, 0.25) is 0 Å². The number of likely N-dealkylation sites (N-methyl/N-ethyl adjacent to an activating group) is 1. The van der Waals surface area contributed by atoms with Crippen LogP contribution in [0.4, 0.5) is 0 Å². The van der Waals surface area contributed by atoms with E-state index in [9.17, 15) is 4.79 Å². The second-order valence-electron chi connectivity index (χ2n) is 8.90. The molecule has 0 aliphatic rings. The van der Waals surface area contributed by atoms with E-state index in [1.807, 2.05) is 74.9 Å². The summed E-state index contributed by atoms with van der Waals surface area (Å²) in [7, 11) is 6.74. The summed E-state index contributed by atoms with van der Waals surface area (Å²) in [4.78, 5) is 19.8. The molecule has 1 amide bonds. The molecule has 2 heterocycles. The highest BCUT2D eigenvalue weighted by Crippen LogP contribution is 2.32. The van der Waals surface area contributed by atoms with E-state index in [0.29, 0.717) is 30.9 Å². The Kier molecular flexibility index (Phi) is 7.78. The number of amides is 1. The molecule has 1 atom stereocenters. The molecule has 0 saturated carbocycles. The van der Waals surface area contributed by atoms with Crippen molar-refractivity contribution in [2.24, 2.45) is 0 Å². The Morgan fingerprint density at radius 1 is 1.00 bits per heavy atom. The summed E-state index contributed by atoms with van der Waals surface area (Å²) >= 11 is 0. The number of hydrogen-bond donors (Lipinski definition) is 0. The highest BCUT2D eigenvalue weighted by molar-refractivity contribution is 5.77. The van der Waals surface area contributed by atoms with Gasteiger partial charge in [-0.1, -0.05) is 18.2 Å². The van der Waals surface area contributed by atoms with Gasteiger partial charge in [0.2, 0.25) is 5.91 Å². The summed E-state index contributed by atoms with van der Waals surface area (Å²) in [5.41, 5.74) is 5.07. The smallest absolute Gasteiger partial charge is 0.223 e. The molecule has 1 unspecified atom stereocenters. The van der Waals surface area contributed by atoms with E-state index >= 15 is 0 Å². The number of hydrogen-bond acceptors (Lipinski definition) is 5. The second-order valence-corrected chi connectivity index (χ2v) is 8.90. The molecule has 0 aliphatic heterocycles. The molecular weight excluding hydrogens is 454 g/mol. The van der Waals surface area contributed by atoms with Crippen LogP contribution in [0, 0.1) is 6.92 Å². The largest absolute Gasteiger partial charge is 0.497 e. The molecule has 0 saturated heterocycles. The molecule has 188 valence electrons. The van der Waals surface area contributed by atoms with Crippen LogP contribution in [0.25, 0.3) is 5.65 Å². The van der Waals surface area contributed by atoms with Crippen LogP contribution in [-0.4, -0.2) is 55.1 Å². The Hall–Kier alpha value is -4.00. The molecular formula is C29H33N3O4. The zero-order valence-corrected chi connectivity index (χ0v) is 21.5. The first-order chi connectivity index (χ1) is 17.4. The molecule has 7 heteroatoms. The number of benzene rings is 2. The van der Waals surface area contributed by atoms with Crippen molar-refractivity contribution in [2.75, 3.05) is 34.9 Å². The van der Waals surface area contributed by atoms with Crippen LogP contribution >= 0.6 is 0 Å². The average molecular weight is 488 g/mol. The number of imidazole rings is 1. The number of nitrogens with zero attached hydrogens (tertiary/aromatic N) is 3. The first-order valence-electron chi connectivity index (χ1n) is 12.0. The van der Waals surface area contributed by atoms with E-state index in [1.54, 1.807) is 26.2 Å². The summed E-state index contributed by atoms with van der Waals surface area (Å²) in [5.74, 6) is 2.02. The number of fused-ring (bicyclic) bond motifs is 1. The fraction of sp³-hybridized carbons (Fsp3) is 0.310. The van der Waals surface area contributed by atoms with Crippen molar-refractivity contribution < 1.29 is 19.0 Å². The van der Waals surface area contributed by atoms with Crippen LogP contribution < -0.4 is 14.2 Å². The van der Waals surface area contributed by atoms with Crippen LogP contribution in [0.5, 0.6) is 17.2 Å². The van der Waals surface area contributed by atoms with E-state index in [4.69, 9.17) is 14.2 Å². The lowest BCUT2D eigenvalue weighted by Gasteiger charge is -2.23. The average Bonchev–Trinajstić information content (AvgIpc) is 3.32. The third-order valence-corrected chi connectivity index (χ3v) is 6.54. The van der Waals surface area contributed by atoms with Crippen molar-refractivity contribution >= 4 is 11.6 Å². The number of methoxy groups -OCH3 is 3. The zero-order valence-electron chi connectivity index (χ0n) is 21.5. The lowest BCUT2D eigenvalue weighted by atomic mass is 9.92. The van der Waals surface area contributed by atoms with Crippen molar-refractivity contribution in [1.29, 1.82) is 0 Å². The SMILES string of the molecule is COc1cccc(C(CC(=O)N(C)CCc2ccc(OC)c(OC)c2)c2cnc3cc(C)ccn23)c1. The molecule has 2 aromatic carbocycles. The third kappa shape index (κ3) is 5.46.